The molecule has 0 spiro atoms. The van der Waals surface area contributed by atoms with Crippen molar-refractivity contribution in [3.63, 3.8) is 0 Å². The summed E-state index contributed by atoms with van der Waals surface area (Å²) in [6.45, 7) is 1.19. The molecule has 3 N–H and O–H groups in total. The normalized spacial score (nSPS) is 15.0. The number of rotatable bonds is 2. The Morgan fingerprint density at radius 1 is 1.69 bits per heavy atom. The lowest BCUT2D eigenvalue weighted by molar-refractivity contribution is -0.135. The number of carbonyl (C=O) groups is 1. The number of pyridine rings is 1. The third-order valence-corrected chi connectivity index (χ3v) is 1.75. The average Bonchev–Trinajstić information content (AvgIpc) is 2.04. The number of halogens is 1. The second-order valence-electron chi connectivity index (χ2n) is 2.83. The second-order valence-corrected chi connectivity index (χ2v) is 2.83. The second kappa shape index (κ2) is 3.10. The molecule has 1 unspecified atom stereocenters. The predicted octanol–water partition coefficient (Wildman–Crippen LogP) is -0.0865. The highest BCUT2D eigenvalue weighted by atomic mass is 19.1. The number of primary amides is 1. The number of nitrogens with zero attached hydrogens (tertiary/aromatic N) is 1. The summed E-state index contributed by atoms with van der Waals surface area (Å²) in [6, 6.07) is 1.01. The minimum absolute atomic E-state index is 0.0417. The number of aromatic nitrogens is 1. The van der Waals surface area contributed by atoms with E-state index in [1.54, 1.807) is 0 Å². The van der Waals surface area contributed by atoms with Crippen molar-refractivity contribution < 1.29 is 14.3 Å². The minimum atomic E-state index is -1.88. The molecule has 4 nitrogen and oxygen atoms in total. The van der Waals surface area contributed by atoms with Crippen LogP contribution in [0.1, 0.15) is 12.5 Å². The maximum atomic E-state index is 12.6. The smallest absolute Gasteiger partial charge is 0.253 e. The first kappa shape index (κ1) is 9.60. The largest absolute Gasteiger partial charge is 0.375 e. The number of amides is 1. The zero-order valence-electron chi connectivity index (χ0n) is 6.99. The summed E-state index contributed by atoms with van der Waals surface area (Å²) in [4.78, 5) is 14.2. The van der Waals surface area contributed by atoms with Gasteiger partial charge in [-0.1, -0.05) is 0 Å². The van der Waals surface area contributed by atoms with E-state index in [-0.39, 0.29) is 5.56 Å². The van der Waals surface area contributed by atoms with Gasteiger partial charge in [0, 0.05) is 11.8 Å². The van der Waals surface area contributed by atoms with Crippen molar-refractivity contribution in [3.8, 4) is 0 Å². The molecule has 0 aliphatic carbocycles. The van der Waals surface area contributed by atoms with Crippen LogP contribution in [0.25, 0.3) is 0 Å². The number of carbonyl (C=O) groups excluding carboxylic acids is 1. The Morgan fingerprint density at radius 2 is 2.31 bits per heavy atom. The summed E-state index contributed by atoms with van der Waals surface area (Å²) in [7, 11) is 0. The van der Waals surface area contributed by atoms with Gasteiger partial charge in [-0.25, -0.2) is 4.39 Å². The molecule has 0 saturated heterocycles. The van der Waals surface area contributed by atoms with E-state index in [1.165, 1.54) is 13.1 Å². The highest BCUT2D eigenvalue weighted by Gasteiger charge is 2.30. The van der Waals surface area contributed by atoms with E-state index < -0.39 is 17.3 Å². The van der Waals surface area contributed by atoms with Crippen molar-refractivity contribution in [2.45, 2.75) is 12.5 Å². The summed E-state index contributed by atoms with van der Waals surface area (Å²) in [5.74, 6) is -1.57. The van der Waals surface area contributed by atoms with Crippen LogP contribution in [0.2, 0.25) is 0 Å². The van der Waals surface area contributed by atoms with Gasteiger partial charge in [-0.15, -0.1) is 0 Å². The van der Waals surface area contributed by atoms with Crippen LogP contribution in [0.5, 0.6) is 0 Å². The number of aliphatic hydroxyl groups is 1. The van der Waals surface area contributed by atoms with E-state index in [0.29, 0.717) is 0 Å². The lowest BCUT2D eigenvalue weighted by Gasteiger charge is -2.18. The fourth-order valence-electron chi connectivity index (χ4n) is 0.820. The molecule has 0 aromatic carbocycles. The Balaban J connectivity index is 3.14. The van der Waals surface area contributed by atoms with E-state index in [4.69, 9.17) is 5.73 Å². The number of hydrogen-bond donors (Lipinski definition) is 2. The first-order chi connectivity index (χ1) is 5.94. The zero-order chi connectivity index (χ0) is 10.1. The van der Waals surface area contributed by atoms with Gasteiger partial charge in [0.05, 0.1) is 6.20 Å². The van der Waals surface area contributed by atoms with Gasteiger partial charge in [0.2, 0.25) is 0 Å². The molecule has 0 aliphatic heterocycles. The summed E-state index contributed by atoms with van der Waals surface area (Å²) in [5.41, 5.74) is 3.07. The Morgan fingerprint density at radius 3 is 2.77 bits per heavy atom. The molecule has 1 aromatic heterocycles. The maximum absolute atomic E-state index is 12.6. The van der Waals surface area contributed by atoms with Crippen molar-refractivity contribution in [1.82, 2.24) is 4.98 Å². The molecule has 0 saturated carbocycles. The lowest BCUT2D eigenvalue weighted by atomic mass is 9.97. The third kappa shape index (κ3) is 1.81. The van der Waals surface area contributed by atoms with E-state index >= 15 is 0 Å². The van der Waals surface area contributed by atoms with Crippen molar-refractivity contribution in [1.29, 1.82) is 0 Å². The monoisotopic (exact) mass is 184 g/mol. The van der Waals surface area contributed by atoms with Crippen LogP contribution in [0.15, 0.2) is 18.5 Å². The molecule has 1 amide bonds. The summed E-state index contributed by atoms with van der Waals surface area (Å²) < 4.78 is 12.6. The summed E-state index contributed by atoms with van der Waals surface area (Å²) in [5, 5.41) is 9.51. The van der Waals surface area contributed by atoms with Crippen molar-refractivity contribution in [2.75, 3.05) is 0 Å². The molecule has 1 heterocycles. The SMILES string of the molecule is CC(O)(C(N)=O)c1cncc(F)c1. The third-order valence-electron chi connectivity index (χ3n) is 1.75. The van der Waals surface area contributed by atoms with Crippen LogP contribution in [0.3, 0.4) is 0 Å². The van der Waals surface area contributed by atoms with Crippen molar-refractivity contribution >= 4 is 5.91 Å². The predicted molar refractivity (Wildman–Crippen MR) is 43.0 cm³/mol. The molecule has 5 heteroatoms. The molecule has 0 bridgehead atoms. The molecule has 13 heavy (non-hydrogen) atoms. The average molecular weight is 184 g/mol. The molecule has 0 aliphatic rings. The van der Waals surface area contributed by atoms with Gasteiger partial charge in [-0.3, -0.25) is 9.78 Å². The van der Waals surface area contributed by atoms with E-state index in [0.717, 1.165) is 12.3 Å². The lowest BCUT2D eigenvalue weighted by Crippen LogP contribution is -2.38. The fourth-order valence-corrected chi connectivity index (χ4v) is 0.820. The molecule has 1 atom stereocenters. The van der Waals surface area contributed by atoms with Crippen LogP contribution in [0.4, 0.5) is 4.39 Å². The van der Waals surface area contributed by atoms with Gasteiger partial charge in [0.25, 0.3) is 5.91 Å². The first-order valence-corrected chi connectivity index (χ1v) is 3.58. The van der Waals surface area contributed by atoms with Crippen molar-refractivity contribution in [2.24, 2.45) is 5.73 Å². The summed E-state index contributed by atoms with van der Waals surface area (Å²) in [6.07, 6.45) is 2.16. The molecule has 70 valence electrons. The van der Waals surface area contributed by atoms with Gasteiger partial charge in [0.15, 0.2) is 5.60 Å². The van der Waals surface area contributed by atoms with Crippen LogP contribution in [-0.2, 0) is 10.4 Å². The Bertz CT molecular complexity index is 339. The molecule has 0 radical (unpaired) electrons. The van der Waals surface area contributed by atoms with Crippen LogP contribution < -0.4 is 5.73 Å². The van der Waals surface area contributed by atoms with Crippen molar-refractivity contribution in [3.05, 3.63) is 29.8 Å². The minimum Gasteiger partial charge on any atom is -0.375 e. The van der Waals surface area contributed by atoms with E-state index in [2.05, 4.69) is 4.98 Å². The van der Waals surface area contributed by atoms with E-state index in [9.17, 15) is 14.3 Å². The standard InChI is InChI=1S/C8H9FN2O2/c1-8(13,7(10)12)5-2-6(9)4-11-3-5/h2-4,13H,1H3,(H2,10,12). The van der Waals surface area contributed by atoms with Crippen LogP contribution in [0, 0.1) is 5.82 Å². The van der Waals surface area contributed by atoms with Gasteiger partial charge in [-0.2, -0.15) is 0 Å². The van der Waals surface area contributed by atoms with Crippen LogP contribution in [-0.4, -0.2) is 16.0 Å². The molecule has 1 aromatic rings. The molecule has 0 fully saturated rings. The number of nitrogens with two attached hydrogens (primary N) is 1. The fraction of sp³-hybridized carbons (Fsp3) is 0.250. The molecule has 1 rings (SSSR count). The maximum Gasteiger partial charge on any atom is 0.253 e. The molecular weight excluding hydrogens is 175 g/mol. The van der Waals surface area contributed by atoms with Gasteiger partial charge < -0.3 is 10.8 Å². The Labute approximate surface area is 74.2 Å². The summed E-state index contributed by atoms with van der Waals surface area (Å²) >= 11 is 0. The Kier molecular flexibility index (Phi) is 2.29. The highest BCUT2D eigenvalue weighted by molar-refractivity contribution is 5.84. The van der Waals surface area contributed by atoms with Gasteiger partial charge in [0.1, 0.15) is 5.82 Å². The van der Waals surface area contributed by atoms with E-state index in [1.807, 2.05) is 0 Å². The van der Waals surface area contributed by atoms with Gasteiger partial charge in [-0.05, 0) is 13.0 Å². The first-order valence-electron chi connectivity index (χ1n) is 3.58. The zero-order valence-corrected chi connectivity index (χ0v) is 6.99. The van der Waals surface area contributed by atoms with Crippen LogP contribution >= 0.6 is 0 Å². The molecular formula is C8H9FN2O2. The topological polar surface area (TPSA) is 76.2 Å². The number of hydrogen-bond acceptors (Lipinski definition) is 3. The Hall–Kier alpha value is -1.49. The highest BCUT2D eigenvalue weighted by Crippen LogP contribution is 2.19. The van der Waals surface area contributed by atoms with Gasteiger partial charge >= 0.3 is 0 Å². The quantitative estimate of drug-likeness (QED) is 0.674.